The number of ether oxygens (including phenoxy) is 1. The van der Waals surface area contributed by atoms with Crippen molar-refractivity contribution in [3.8, 4) is 22.3 Å². The van der Waals surface area contributed by atoms with Crippen LogP contribution in [0.15, 0.2) is 70.7 Å². The molecule has 0 saturated carbocycles. The molecule has 14 heteroatoms. The fourth-order valence-electron chi connectivity index (χ4n) is 4.30. The molecular weight excluding hydrogens is 604 g/mol. The van der Waals surface area contributed by atoms with Crippen LogP contribution < -0.4 is 10.6 Å². The number of alkyl halides is 3. The molecule has 1 aliphatic rings. The topological polar surface area (TPSA) is 117 Å². The number of hydrazone groups is 1. The number of hydrogen-bond acceptors (Lipinski definition) is 6. The zero-order valence-corrected chi connectivity index (χ0v) is 25.1. The van der Waals surface area contributed by atoms with Gasteiger partial charge < -0.3 is 15.4 Å². The zero-order valence-electron chi connectivity index (χ0n) is 24.3. The summed E-state index contributed by atoms with van der Waals surface area (Å²) in [5, 5.41) is 9.32. The van der Waals surface area contributed by atoms with Crippen molar-refractivity contribution in [2.45, 2.75) is 50.4 Å². The van der Waals surface area contributed by atoms with Gasteiger partial charge in [0.1, 0.15) is 17.1 Å². The van der Waals surface area contributed by atoms with Crippen molar-refractivity contribution < 1.29 is 40.3 Å². The Bertz CT molecular complexity index is 1720. The molecule has 0 atom stereocenters. The van der Waals surface area contributed by atoms with Gasteiger partial charge in [-0.15, -0.1) is 0 Å². The summed E-state index contributed by atoms with van der Waals surface area (Å²) >= 11 is 0. The van der Waals surface area contributed by atoms with Gasteiger partial charge in [0.25, 0.3) is 0 Å². The number of benzene rings is 3. The molecule has 1 heterocycles. The Morgan fingerprint density at radius 1 is 0.955 bits per heavy atom. The van der Waals surface area contributed by atoms with Gasteiger partial charge in [0.2, 0.25) is 0 Å². The lowest BCUT2D eigenvalue weighted by Crippen LogP contribution is -2.32. The van der Waals surface area contributed by atoms with E-state index < -0.39 is 51.7 Å². The Balaban J connectivity index is 1.66. The van der Waals surface area contributed by atoms with Crippen LogP contribution >= 0.6 is 0 Å². The highest BCUT2D eigenvalue weighted by molar-refractivity contribution is 7.90. The first kappa shape index (κ1) is 32.5. The Morgan fingerprint density at radius 2 is 1.59 bits per heavy atom. The molecule has 44 heavy (non-hydrogen) atoms. The largest absolute Gasteiger partial charge is 0.444 e. The highest BCUT2D eigenvalue weighted by Crippen LogP contribution is 2.35. The van der Waals surface area contributed by atoms with Crippen LogP contribution in [0.3, 0.4) is 0 Å². The number of rotatable bonds is 6. The maximum atomic E-state index is 15.0. The number of sulfone groups is 1. The quantitative estimate of drug-likeness (QED) is 0.291. The number of nitrogens with one attached hydrogen (secondary N) is 2. The summed E-state index contributed by atoms with van der Waals surface area (Å²) in [4.78, 5) is 24.8. The van der Waals surface area contributed by atoms with Gasteiger partial charge in [-0.3, -0.25) is 0 Å². The highest BCUT2D eigenvalue weighted by Gasteiger charge is 2.40. The Hall–Kier alpha value is -4.46. The predicted octanol–water partition coefficient (Wildman–Crippen LogP) is 6.74. The molecule has 3 aromatic rings. The molecule has 3 amide bonds. The first-order valence-corrected chi connectivity index (χ1v) is 15.2. The van der Waals surface area contributed by atoms with Gasteiger partial charge in [0.05, 0.1) is 17.1 Å². The van der Waals surface area contributed by atoms with E-state index in [2.05, 4.69) is 15.7 Å². The number of halogens is 4. The van der Waals surface area contributed by atoms with Gasteiger partial charge >= 0.3 is 18.3 Å². The van der Waals surface area contributed by atoms with Crippen LogP contribution in [0.5, 0.6) is 0 Å². The molecule has 0 fully saturated rings. The third-order valence-corrected chi connectivity index (χ3v) is 7.52. The van der Waals surface area contributed by atoms with E-state index in [9.17, 15) is 31.2 Å². The van der Waals surface area contributed by atoms with Crippen LogP contribution in [0.1, 0.15) is 32.8 Å². The van der Waals surface area contributed by atoms with Gasteiger partial charge in [-0.05, 0) is 55.7 Å². The normalized spacial score (nSPS) is 13.8. The molecule has 0 spiro atoms. The van der Waals surface area contributed by atoms with Crippen LogP contribution in [-0.2, 0) is 21.1 Å². The number of carbonyl (C=O) groups is 2. The van der Waals surface area contributed by atoms with Gasteiger partial charge in [-0.25, -0.2) is 27.4 Å². The average molecular weight is 635 g/mol. The highest BCUT2D eigenvalue weighted by atomic mass is 32.2. The first-order valence-electron chi connectivity index (χ1n) is 13.3. The van der Waals surface area contributed by atoms with Crippen LogP contribution in [-0.4, -0.2) is 55.8 Å². The second-order valence-corrected chi connectivity index (χ2v) is 13.1. The van der Waals surface area contributed by atoms with Gasteiger partial charge in [0, 0.05) is 30.3 Å². The fourth-order valence-corrected chi connectivity index (χ4v) is 4.93. The average Bonchev–Trinajstić information content (AvgIpc) is 3.42. The van der Waals surface area contributed by atoms with Crippen molar-refractivity contribution in [1.29, 1.82) is 0 Å². The second kappa shape index (κ2) is 12.3. The molecule has 0 radical (unpaired) electrons. The molecule has 0 aromatic heterocycles. The van der Waals surface area contributed by atoms with E-state index in [1.807, 2.05) is 0 Å². The van der Waals surface area contributed by atoms with Crippen molar-refractivity contribution in [1.82, 2.24) is 10.3 Å². The SMILES string of the molecule is CC(C)(C)OC(=O)NCc1ccc(-c2ccc(-c3ccc(S(C)(=O)=O)cc3F)cc2NC(=O)N2CCC(C(F)(F)F)=N2)cc1. The van der Waals surface area contributed by atoms with Gasteiger partial charge in [0.15, 0.2) is 9.84 Å². The molecule has 0 bridgehead atoms. The molecule has 0 saturated heterocycles. The Morgan fingerprint density at radius 3 is 2.16 bits per heavy atom. The minimum Gasteiger partial charge on any atom is -0.444 e. The van der Waals surface area contributed by atoms with Crippen LogP contribution in [0.2, 0.25) is 0 Å². The van der Waals surface area contributed by atoms with Crippen molar-refractivity contribution >= 4 is 33.4 Å². The molecule has 0 unspecified atom stereocenters. The van der Waals surface area contributed by atoms with Crippen LogP contribution in [0.25, 0.3) is 22.3 Å². The number of hydrogen-bond donors (Lipinski definition) is 2. The summed E-state index contributed by atoms with van der Waals surface area (Å²) in [5.41, 5.74) is 0.527. The summed E-state index contributed by atoms with van der Waals surface area (Å²) < 4.78 is 83.3. The van der Waals surface area contributed by atoms with Crippen LogP contribution in [0.4, 0.5) is 32.8 Å². The molecule has 1 aliphatic heterocycles. The standard InChI is InChI=1S/C30H30F4N4O5S/c1-29(2,3)43-28(40)35-17-18-5-7-19(8-6-18)23-11-9-20(22-12-10-21(16-24(22)31)44(4,41)42)15-25(23)36-27(39)38-14-13-26(37-38)30(32,33)34/h5-12,15-16H,13-14,17H2,1-4H3,(H,35,40)(H,36,39). The minimum absolute atomic E-state index is 0.0431. The van der Waals surface area contributed by atoms with E-state index in [-0.39, 0.29) is 34.8 Å². The van der Waals surface area contributed by atoms with E-state index in [0.29, 0.717) is 16.1 Å². The fraction of sp³-hybridized carbons (Fsp3) is 0.300. The third kappa shape index (κ3) is 8.13. The number of nitrogens with zero attached hydrogens (tertiary/aromatic N) is 2. The molecule has 4 rings (SSSR count). The summed E-state index contributed by atoms with van der Waals surface area (Å²) in [5.74, 6) is -0.821. The van der Waals surface area contributed by atoms with E-state index >= 15 is 4.39 Å². The monoisotopic (exact) mass is 634 g/mol. The summed E-state index contributed by atoms with van der Waals surface area (Å²) in [6.07, 6.45) is -4.76. The molecule has 9 nitrogen and oxygen atoms in total. The molecule has 2 N–H and O–H groups in total. The summed E-state index contributed by atoms with van der Waals surface area (Å²) in [6, 6.07) is 14.0. The van der Waals surface area contributed by atoms with Gasteiger partial charge in [-0.2, -0.15) is 18.3 Å². The smallest absolute Gasteiger partial charge is 0.431 e. The van der Waals surface area contributed by atoms with Crippen molar-refractivity contribution in [3.63, 3.8) is 0 Å². The first-order chi connectivity index (χ1) is 20.4. The lowest BCUT2D eigenvalue weighted by Gasteiger charge is -2.19. The number of urea groups is 1. The van der Waals surface area contributed by atoms with E-state index in [1.165, 1.54) is 18.2 Å². The van der Waals surface area contributed by atoms with Crippen molar-refractivity contribution in [2.24, 2.45) is 5.10 Å². The van der Waals surface area contributed by atoms with E-state index in [4.69, 9.17) is 4.74 Å². The molecular formula is C30H30F4N4O5S. The number of carbonyl (C=O) groups excluding carboxylic acids is 2. The Kier molecular flexibility index (Phi) is 9.05. The van der Waals surface area contributed by atoms with Crippen molar-refractivity contribution in [3.05, 3.63) is 72.0 Å². The Labute approximate surface area is 251 Å². The maximum absolute atomic E-state index is 15.0. The van der Waals surface area contributed by atoms with Crippen LogP contribution in [0, 0.1) is 5.82 Å². The van der Waals surface area contributed by atoms with E-state index in [1.54, 1.807) is 57.2 Å². The van der Waals surface area contributed by atoms with Gasteiger partial charge in [-0.1, -0.05) is 42.5 Å². The van der Waals surface area contributed by atoms with Crippen molar-refractivity contribution in [2.75, 3.05) is 18.1 Å². The summed E-state index contributed by atoms with van der Waals surface area (Å²) in [7, 11) is -3.66. The second-order valence-electron chi connectivity index (χ2n) is 11.1. The minimum atomic E-state index is -4.67. The lowest BCUT2D eigenvalue weighted by atomic mass is 9.97. The number of amides is 3. The lowest BCUT2D eigenvalue weighted by molar-refractivity contribution is -0.0600. The molecule has 3 aromatic carbocycles. The summed E-state index contributed by atoms with van der Waals surface area (Å²) in [6.45, 7) is 5.12. The number of alkyl carbamates (subject to hydrolysis) is 1. The predicted molar refractivity (Wildman–Crippen MR) is 157 cm³/mol. The molecule has 234 valence electrons. The molecule has 0 aliphatic carbocycles. The maximum Gasteiger partial charge on any atom is 0.431 e. The number of anilines is 1. The third-order valence-electron chi connectivity index (χ3n) is 6.41. The van der Waals surface area contributed by atoms with E-state index in [0.717, 1.165) is 17.9 Å². The zero-order chi connectivity index (χ0) is 32.4.